The Morgan fingerprint density at radius 2 is 1.17 bits per heavy atom. The summed E-state index contributed by atoms with van der Waals surface area (Å²) in [7, 11) is -3.70. The molecule has 0 fully saturated rings. The minimum absolute atomic E-state index is 0.0374. The molecule has 0 bridgehead atoms. The molecule has 0 spiro atoms. The fourth-order valence-electron chi connectivity index (χ4n) is 2.80. The molecule has 3 aromatic rings. The van der Waals surface area contributed by atoms with Crippen molar-refractivity contribution in [1.82, 2.24) is 0 Å². The monoisotopic (exact) mass is 446 g/mol. The van der Waals surface area contributed by atoms with E-state index in [9.17, 15) is 9.36 Å². The molecule has 0 N–H and O–H groups in total. The third kappa shape index (κ3) is 4.93. The molecule has 0 atom stereocenters. The quantitative estimate of drug-likeness (QED) is 0.436. The van der Waals surface area contributed by atoms with Gasteiger partial charge in [0.05, 0.1) is 16.2 Å². The van der Waals surface area contributed by atoms with Crippen molar-refractivity contribution in [3.63, 3.8) is 0 Å². The molecule has 0 unspecified atom stereocenters. The van der Waals surface area contributed by atoms with Crippen LogP contribution in [0, 0.1) is 0 Å². The molecule has 29 heavy (non-hydrogen) atoms. The van der Waals surface area contributed by atoms with Crippen LogP contribution < -0.4 is 10.6 Å². The predicted molar refractivity (Wildman–Crippen MR) is 120 cm³/mol. The highest BCUT2D eigenvalue weighted by molar-refractivity contribution is 7.74. The molecular formula is C23H21Cl2O3P. The van der Waals surface area contributed by atoms with Crippen molar-refractivity contribution in [3.05, 3.63) is 94.0 Å². The zero-order valence-electron chi connectivity index (χ0n) is 16.4. The number of carbonyl (C=O) groups excluding carboxylic acids is 1. The maximum absolute atomic E-state index is 13.9. The topological polar surface area (TPSA) is 43.4 Å². The second-order valence-electron chi connectivity index (χ2n) is 7.71. The summed E-state index contributed by atoms with van der Waals surface area (Å²) in [4.78, 5) is 12.9. The largest absolute Gasteiger partial charge is 0.401 e. The Hall–Kier alpha value is -2.06. The van der Waals surface area contributed by atoms with Gasteiger partial charge in [0.25, 0.3) is 0 Å². The lowest BCUT2D eigenvalue weighted by atomic mass is 9.87. The fourth-order valence-corrected chi connectivity index (χ4v) is 4.99. The summed E-state index contributed by atoms with van der Waals surface area (Å²) in [5, 5.41) is 1.76. The van der Waals surface area contributed by atoms with Gasteiger partial charge in [-0.15, -0.1) is 0 Å². The summed E-state index contributed by atoms with van der Waals surface area (Å²) >= 11 is 11.9. The van der Waals surface area contributed by atoms with Gasteiger partial charge in [-0.2, -0.15) is 0 Å². The van der Waals surface area contributed by atoms with Crippen molar-refractivity contribution in [2.24, 2.45) is 0 Å². The highest BCUT2D eigenvalue weighted by atomic mass is 35.5. The molecule has 6 heteroatoms. The minimum atomic E-state index is -3.70. The molecule has 0 aliphatic carbocycles. The zero-order chi connectivity index (χ0) is 21.2. The molecule has 3 aromatic carbocycles. The van der Waals surface area contributed by atoms with Gasteiger partial charge in [0.1, 0.15) is 0 Å². The van der Waals surface area contributed by atoms with Gasteiger partial charge < -0.3 is 4.52 Å². The van der Waals surface area contributed by atoms with Crippen molar-refractivity contribution in [3.8, 4) is 0 Å². The Bertz CT molecular complexity index is 1000. The first-order valence-corrected chi connectivity index (χ1v) is 11.4. The first-order chi connectivity index (χ1) is 13.6. The van der Waals surface area contributed by atoms with E-state index in [4.69, 9.17) is 27.7 Å². The van der Waals surface area contributed by atoms with E-state index >= 15 is 0 Å². The lowest BCUT2D eigenvalue weighted by molar-refractivity contribution is 0.0747. The Labute approximate surface area is 181 Å². The van der Waals surface area contributed by atoms with Crippen LogP contribution >= 0.6 is 30.6 Å². The van der Waals surface area contributed by atoms with Crippen LogP contribution in [0.5, 0.6) is 0 Å². The molecular weight excluding hydrogens is 426 g/mol. The van der Waals surface area contributed by atoms with Crippen molar-refractivity contribution < 1.29 is 13.9 Å². The average molecular weight is 447 g/mol. The lowest BCUT2D eigenvalue weighted by Gasteiger charge is -2.21. The van der Waals surface area contributed by atoms with E-state index in [-0.39, 0.29) is 5.41 Å². The van der Waals surface area contributed by atoms with E-state index in [1.807, 2.05) is 12.1 Å². The molecule has 0 aromatic heterocycles. The molecule has 3 rings (SSSR count). The SMILES string of the molecule is CC(C)(C)c1ccc(C(=O)OP(=O)(c2ccc(Cl)cc2)c2ccc(Cl)cc2)cc1. The molecule has 3 nitrogen and oxygen atoms in total. The van der Waals surface area contributed by atoms with E-state index in [0.29, 0.717) is 26.2 Å². The molecule has 0 amide bonds. The summed E-state index contributed by atoms with van der Waals surface area (Å²) < 4.78 is 19.6. The van der Waals surface area contributed by atoms with Crippen LogP contribution in [0.4, 0.5) is 0 Å². The number of rotatable bonds is 4. The first-order valence-electron chi connectivity index (χ1n) is 9.06. The molecule has 0 saturated heterocycles. The van der Waals surface area contributed by atoms with Crippen LogP contribution in [-0.4, -0.2) is 5.97 Å². The van der Waals surface area contributed by atoms with Crippen molar-refractivity contribution in [1.29, 1.82) is 0 Å². The van der Waals surface area contributed by atoms with Crippen LogP contribution in [0.2, 0.25) is 10.0 Å². The van der Waals surface area contributed by atoms with Gasteiger partial charge in [0.2, 0.25) is 0 Å². The van der Waals surface area contributed by atoms with Gasteiger partial charge in [-0.05, 0) is 71.6 Å². The summed E-state index contributed by atoms with van der Waals surface area (Å²) in [6.45, 7) is 6.28. The summed E-state index contributed by atoms with van der Waals surface area (Å²) in [5.41, 5.74) is 1.39. The van der Waals surface area contributed by atoms with Gasteiger partial charge in [0.15, 0.2) is 0 Å². The third-order valence-electron chi connectivity index (χ3n) is 4.53. The molecule has 0 heterocycles. The van der Waals surface area contributed by atoms with Crippen LogP contribution in [0.1, 0.15) is 36.7 Å². The number of carbonyl (C=O) groups is 1. The van der Waals surface area contributed by atoms with Crippen LogP contribution in [0.15, 0.2) is 72.8 Å². The van der Waals surface area contributed by atoms with Crippen LogP contribution in [0.25, 0.3) is 0 Å². The summed E-state index contributed by atoms with van der Waals surface area (Å²) in [6, 6.07) is 20.0. The van der Waals surface area contributed by atoms with Gasteiger partial charge in [-0.3, -0.25) is 4.57 Å². The Morgan fingerprint density at radius 1 is 0.759 bits per heavy atom. The second-order valence-corrected chi connectivity index (χ2v) is 10.9. The Morgan fingerprint density at radius 3 is 1.55 bits per heavy atom. The van der Waals surface area contributed by atoms with E-state index in [0.717, 1.165) is 5.56 Å². The smallest absolute Gasteiger partial charge is 0.343 e. The molecule has 150 valence electrons. The average Bonchev–Trinajstić information content (AvgIpc) is 2.68. The summed E-state index contributed by atoms with van der Waals surface area (Å²) in [6.07, 6.45) is 0. The van der Waals surface area contributed by atoms with Gasteiger partial charge in [-0.25, -0.2) is 4.79 Å². The third-order valence-corrected chi connectivity index (χ3v) is 7.41. The van der Waals surface area contributed by atoms with Crippen molar-refractivity contribution >= 4 is 47.1 Å². The first kappa shape index (κ1) is 21.6. The normalized spacial score (nSPS) is 11.9. The van der Waals surface area contributed by atoms with Gasteiger partial charge >= 0.3 is 13.3 Å². The maximum Gasteiger partial charge on any atom is 0.343 e. The molecule has 0 radical (unpaired) electrons. The number of hydrogen-bond acceptors (Lipinski definition) is 3. The maximum atomic E-state index is 13.9. The van der Waals surface area contributed by atoms with E-state index in [2.05, 4.69) is 20.8 Å². The van der Waals surface area contributed by atoms with Crippen molar-refractivity contribution in [2.45, 2.75) is 26.2 Å². The number of hydrogen-bond donors (Lipinski definition) is 0. The Balaban J connectivity index is 1.99. The van der Waals surface area contributed by atoms with E-state index in [1.165, 1.54) is 0 Å². The molecule has 0 aliphatic rings. The molecule has 0 aliphatic heterocycles. The van der Waals surface area contributed by atoms with E-state index < -0.39 is 13.3 Å². The highest BCUT2D eigenvalue weighted by Crippen LogP contribution is 2.46. The lowest BCUT2D eigenvalue weighted by Crippen LogP contribution is -2.21. The second kappa shape index (κ2) is 8.36. The van der Waals surface area contributed by atoms with Crippen molar-refractivity contribution in [2.75, 3.05) is 0 Å². The summed E-state index contributed by atoms with van der Waals surface area (Å²) in [5.74, 6) is -0.654. The number of halogens is 2. The zero-order valence-corrected chi connectivity index (χ0v) is 18.8. The van der Waals surface area contributed by atoms with Crippen LogP contribution in [0.3, 0.4) is 0 Å². The minimum Gasteiger partial charge on any atom is -0.401 e. The van der Waals surface area contributed by atoms with Crippen LogP contribution in [-0.2, 0) is 14.5 Å². The predicted octanol–water partition coefficient (Wildman–Crippen LogP) is 6.38. The highest BCUT2D eigenvalue weighted by Gasteiger charge is 2.33. The Kier molecular flexibility index (Phi) is 6.24. The van der Waals surface area contributed by atoms with Gasteiger partial charge in [-0.1, -0.05) is 56.1 Å². The van der Waals surface area contributed by atoms with E-state index in [1.54, 1.807) is 60.7 Å². The standard InChI is InChI=1S/C23H21Cl2O3P/c1-23(2,3)17-6-4-16(5-7-17)22(26)28-29(27,20-12-8-18(24)9-13-20)21-14-10-19(25)11-15-21/h4-15H,1-3H3. The number of benzene rings is 3. The molecule has 0 saturated carbocycles. The fraction of sp³-hybridized carbons (Fsp3) is 0.174. The van der Waals surface area contributed by atoms with Gasteiger partial charge in [0, 0.05) is 10.0 Å².